The molecule has 1 saturated heterocycles. The predicted octanol–water partition coefficient (Wildman–Crippen LogP) is 5.94. The molecule has 0 saturated carbocycles. The van der Waals surface area contributed by atoms with Crippen LogP contribution in [0.3, 0.4) is 0 Å². The molecule has 6 heteroatoms. The maximum atomic E-state index is 12.4. The SMILES string of the molecule is O=C(Nc1cc(Br)ccc1Br)c1ccc(C2SCCS2)cc1. The van der Waals surface area contributed by atoms with E-state index >= 15 is 0 Å². The number of hydrogen-bond donors (Lipinski definition) is 1. The Morgan fingerprint density at radius 3 is 2.41 bits per heavy atom. The lowest BCUT2D eigenvalue weighted by Gasteiger charge is -2.10. The standard InChI is InChI=1S/C16H13Br2NOS2/c17-12-5-6-13(18)14(9-12)19-15(20)10-1-3-11(4-2-10)16-21-7-8-22-16/h1-6,9,16H,7-8H2,(H,19,20). The first-order valence-corrected chi connectivity index (χ1v) is 10.4. The minimum absolute atomic E-state index is 0.0999. The van der Waals surface area contributed by atoms with Gasteiger partial charge in [-0.05, 0) is 51.8 Å². The summed E-state index contributed by atoms with van der Waals surface area (Å²) in [5, 5.41) is 2.93. The minimum atomic E-state index is -0.0999. The molecule has 2 aromatic carbocycles. The van der Waals surface area contributed by atoms with Crippen molar-refractivity contribution >= 4 is 67.0 Å². The van der Waals surface area contributed by atoms with E-state index in [2.05, 4.69) is 49.3 Å². The normalized spacial score (nSPS) is 15.0. The zero-order valence-corrected chi connectivity index (χ0v) is 16.3. The summed E-state index contributed by atoms with van der Waals surface area (Å²) in [6, 6.07) is 13.6. The van der Waals surface area contributed by atoms with Gasteiger partial charge >= 0.3 is 0 Å². The summed E-state index contributed by atoms with van der Waals surface area (Å²) in [6.07, 6.45) is 0. The van der Waals surface area contributed by atoms with E-state index < -0.39 is 0 Å². The van der Waals surface area contributed by atoms with E-state index in [9.17, 15) is 4.79 Å². The Labute approximate surface area is 155 Å². The number of carbonyl (C=O) groups excluding carboxylic acids is 1. The third-order valence-electron chi connectivity index (χ3n) is 3.24. The molecule has 3 rings (SSSR count). The summed E-state index contributed by atoms with van der Waals surface area (Å²) in [6.45, 7) is 0. The Morgan fingerprint density at radius 1 is 1.05 bits per heavy atom. The summed E-state index contributed by atoms with van der Waals surface area (Å²) in [7, 11) is 0. The Morgan fingerprint density at radius 2 is 1.73 bits per heavy atom. The summed E-state index contributed by atoms with van der Waals surface area (Å²) in [5.74, 6) is 2.31. The molecule has 0 aliphatic carbocycles. The van der Waals surface area contributed by atoms with Crippen LogP contribution in [0.2, 0.25) is 0 Å². The van der Waals surface area contributed by atoms with Crippen molar-refractivity contribution in [1.29, 1.82) is 0 Å². The van der Waals surface area contributed by atoms with Crippen LogP contribution in [-0.2, 0) is 0 Å². The van der Waals surface area contributed by atoms with Crippen molar-refractivity contribution in [3.63, 3.8) is 0 Å². The highest BCUT2D eigenvalue weighted by atomic mass is 79.9. The molecule has 114 valence electrons. The number of halogens is 2. The van der Waals surface area contributed by atoms with Gasteiger partial charge in [-0.1, -0.05) is 28.1 Å². The molecular weight excluding hydrogens is 446 g/mol. The molecule has 0 atom stereocenters. The lowest BCUT2D eigenvalue weighted by atomic mass is 10.1. The van der Waals surface area contributed by atoms with E-state index in [1.54, 1.807) is 0 Å². The van der Waals surface area contributed by atoms with Crippen LogP contribution in [0.25, 0.3) is 0 Å². The predicted molar refractivity (Wildman–Crippen MR) is 104 cm³/mol. The number of carbonyl (C=O) groups is 1. The smallest absolute Gasteiger partial charge is 0.255 e. The topological polar surface area (TPSA) is 29.1 Å². The molecule has 22 heavy (non-hydrogen) atoms. The highest BCUT2D eigenvalue weighted by Crippen LogP contribution is 2.45. The van der Waals surface area contributed by atoms with E-state index in [1.165, 1.54) is 17.1 Å². The molecule has 1 heterocycles. The van der Waals surface area contributed by atoms with Gasteiger partial charge in [0.1, 0.15) is 0 Å². The summed E-state index contributed by atoms with van der Waals surface area (Å²) in [4.78, 5) is 12.4. The fraction of sp³-hybridized carbons (Fsp3) is 0.188. The van der Waals surface area contributed by atoms with Crippen molar-refractivity contribution in [2.45, 2.75) is 4.58 Å². The largest absolute Gasteiger partial charge is 0.321 e. The molecule has 1 aliphatic rings. The Bertz CT molecular complexity index is 685. The highest BCUT2D eigenvalue weighted by Gasteiger charge is 2.18. The first-order valence-electron chi connectivity index (χ1n) is 6.73. The van der Waals surface area contributed by atoms with Gasteiger partial charge in [-0.3, -0.25) is 4.79 Å². The van der Waals surface area contributed by atoms with Crippen LogP contribution in [0.5, 0.6) is 0 Å². The summed E-state index contributed by atoms with van der Waals surface area (Å²) >= 11 is 10.8. The maximum absolute atomic E-state index is 12.4. The Balaban J connectivity index is 1.73. The van der Waals surface area contributed by atoms with Crippen molar-refractivity contribution in [2.75, 3.05) is 16.8 Å². The molecule has 1 fully saturated rings. The van der Waals surface area contributed by atoms with Gasteiger partial charge in [-0.15, -0.1) is 23.5 Å². The second-order valence-electron chi connectivity index (χ2n) is 4.77. The first-order chi connectivity index (χ1) is 10.6. The van der Waals surface area contributed by atoms with Gasteiger partial charge in [-0.2, -0.15) is 0 Å². The second-order valence-corrected chi connectivity index (χ2v) is 9.27. The second kappa shape index (κ2) is 7.43. The molecule has 0 bridgehead atoms. The first kappa shape index (κ1) is 16.4. The third-order valence-corrected chi connectivity index (χ3v) is 7.53. The summed E-state index contributed by atoms with van der Waals surface area (Å²) in [5.41, 5.74) is 2.71. The van der Waals surface area contributed by atoms with Gasteiger partial charge in [0.15, 0.2) is 0 Å². The average molecular weight is 459 g/mol. The van der Waals surface area contributed by atoms with Crippen molar-refractivity contribution in [3.05, 3.63) is 62.5 Å². The minimum Gasteiger partial charge on any atom is -0.321 e. The number of benzene rings is 2. The lowest BCUT2D eigenvalue weighted by Crippen LogP contribution is -2.12. The van der Waals surface area contributed by atoms with Crippen LogP contribution in [0, 0.1) is 0 Å². The van der Waals surface area contributed by atoms with Crippen LogP contribution in [0.1, 0.15) is 20.5 Å². The molecule has 2 nitrogen and oxygen atoms in total. The molecule has 1 N–H and O–H groups in total. The van der Waals surface area contributed by atoms with E-state index in [-0.39, 0.29) is 5.91 Å². The molecule has 0 aromatic heterocycles. The van der Waals surface area contributed by atoms with E-state index in [0.717, 1.165) is 14.6 Å². The van der Waals surface area contributed by atoms with E-state index in [4.69, 9.17) is 0 Å². The van der Waals surface area contributed by atoms with Crippen molar-refractivity contribution in [1.82, 2.24) is 0 Å². The molecular formula is C16H13Br2NOS2. The van der Waals surface area contributed by atoms with E-state index in [0.29, 0.717) is 10.1 Å². The van der Waals surface area contributed by atoms with Gasteiger partial charge < -0.3 is 5.32 Å². The number of amides is 1. The lowest BCUT2D eigenvalue weighted by molar-refractivity contribution is 0.102. The molecule has 1 amide bonds. The number of hydrogen-bond acceptors (Lipinski definition) is 3. The fourth-order valence-electron chi connectivity index (χ4n) is 2.13. The molecule has 0 spiro atoms. The van der Waals surface area contributed by atoms with Crippen molar-refractivity contribution in [2.24, 2.45) is 0 Å². The number of anilines is 1. The van der Waals surface area contributed by atoms with Crippen LogP contribution >= 0.6 is 55.4 Å². The van der Waals surface area contributed by atoms with Gasteiger partial charge in [-0.25, -0.2) is 0 Å². The van der Waals surface area contributed by atoms with Crippen LogP contribution in [0.15, 0.2) is 51.4 Å². The number of thioether (sulfide) groups is 2. The summed E-state index contributed by atoms with van der Waals surface area (Å²) < 4.78 is 2.30. The average Bonchev–Trinajstić information content (AvgIpc) is 3.05. The van der Waals surface area contributed by atoms with Crippen molar-refractivity contribution in [3.8, 4) is 0 Å². The Hall–Kier alpha value is -0.430. The van der Waals surface area contributed by atoms with Crippen LogP contribution in [-0.4, -0.2) is 17.4 Å². The monoisotopic (exact) mass is 457 g/mol. The Kier molecular flexibility index (Phi) is 5.55. The molecule has 0 unspecified atom stereocenters. The quantitative estimate of drug-likeness (QED) is 0.616. The fourth-order valence-corrected chi connectivity index (χ4v) is 5.70. The van der Waals surface area contributed by atoms with Gasteiger partial charge in [0.05, 0.1) is 10.3 Å². The zero-order valence-electron chi connectivity index (χ0n) is 11.5. The molecule has 2 aromatic rings. The van der Waals surface area contributed by atoms with Gasteiger partial charge in [0.2, 0.25) is 0 Å². The maximum Gasteiger partial charge on any atom is 0.255 e. The van der Waals surface area contributed by atoms with E-state index in [1.807, 2.05) is 53.9 Å². The number of rotatable bonds is 3. The van der Waals surface area contributed by atoms with Gasteiger partial charge in [0.25, 0.3) is 5.91 Å². The zero-order chi connectivity index (χ0) is 15.5. The molecule has 1 aliphatic heterocycles. The third kappa shape index (κ3) is 3.91. The van der Waals surface area contributed by atoms with Crippen LogP contribution < -0.4 is 5.32 Å². The number of nitrogens with one attached hydrogen (secondary N) is 1. The van der Waals surface area contributed by atoms with Gasteiger partial charge in [0, 0.05) is 26.0 Å². The van der Waals surface area contributed by atoms with Crippen LogP contribution in [0.4, 0.5) is 5.69 Å². The molecule has 0 radical (unpaired) electrons. The highest BCUT2D eigenvalue weighted by molar-refractivity contribution is 9.11. The van der Waals surface area contributed by atoms with Crippen molar-refractivity contribution < 1.29 is 4.79 Å².